The van der Waals surface area contributed by atoms with Gasteiger partial charge in [0.15, 0.2) is 0 Å². The van der Waals surface area contributed by atoms with Gasteiger partial charge < -0.3 is 5.11 Å². The molecule has 0 aliphatic rings. The van der Waals surface area contributed by atoms with Crippen molar-refractivity contribution in [1.82, 2.24) is 0 Å². The van der Waals surface area contributed by atoms with Crippen molar-refractivity contribution in [2.75, 3.05) is 0 Å². The van der Waals surface area contributed by atoms with Gasteiger partial charge in [0.05, 0.1) is 4.88 Å². The fourth-order valence-electron chi connectivity index (χ4n) is 1.20. The maximum atomic E-state index is 11.8. The van der Waals surface area contributed by atoms with Crippen LogP contribution in [0.2, 0.25) is 0 Å². The van der Waals surface area contributed by atoms with Gasteiger partial charge in [0.1, 0.15) is 5.75 Å². The van der Waals surface area contributed by atoms with E-state index in [0.29, 0.717) is 10.4 Å². The van der Waals surface area contributed by atoms with Gasteiger partial charge in [-0.05, 0) is 23.6 Å². The smallest absolute Gasteiger partial charge is 0.203 e. The van der Waals surface area contributed by atoms with Gasteiger partial charge in [-0.15, -0.1) is 11.3 Å². The molecule has 0 spiro atoms. The van der Waals surface area contributed by atoms with Crippen LogP contribution in [0.4, 0.5) is 0 Å². The molecule has 0 aliphatic heterocycles. The molecular formula is C11H8O2S. The number of carbonyl (C=O) groups excluding carboxylic acids is 1. The van der Waals surface area contributed by atoms with Crippen molar-refractivity contribution in [3.63, 3.8) is 0 Å². The fraction of sp³-hybridized carbons (Fsp3) is 0. The second kappa shape index (κ2) is 3.64. The summed E-state index contributed by atoms with van der Waals surface area (Å²) < 4.78 is 0. The van der Waals surface area contributed by atoms with Gasteiger partial charge in [-0.1, -0.05) is 18.2 Å². The van der Waals surface area contributed by atoms with Crippen LogP contribution >= 0.6 is 11.3 Å². The number of thiophene rings is 1. The van der Waals surface area contributed by atoms with Gasteiger partial charge in [-0.2, -0.15) is 0 Å². The monoisotopic (exact) mass is 204 g/mol. The summed E-state index contributed by atoms with van der Waals surface area (Å²) in [6.45, 7) is 0. The Labute approximate surface area is 85.4 Å². The van der Waals surface area contributed by atoms with Gasteiger partial charge in [0.2, 0.25) is 5.78 Å². The Kier molecular flexibility index (Phi) is 2.33. The molecule has 0 bridgehead atoms. The lowest BCUT2D eigenvalue weighted by atomic mass is 10.1. The van der Waals surface area contributed by atoms with E-state index in [4.69, 9.17) is 0 Å². The van der Waals surface area contributed by atoms with Crippen molar-refractivity contribution < 1.29 is 9.90 Å². The number of benzene rings is 1. The van der Waals surface area contributed by atoms with Crippen molar-refractivity contribution in [2.24, 2.45) is 0 Å². The third-order valence-electron chi connectivity index (χ3n) is 1.85. The van der Waals surface area contributed by atoms with E-state index >= 15 is 0 Å². The Morgan fingerprint density at radius 2 is 2.07 bits per heavy atom. The molecule has 1 aromatic heterocycles. The molecule has 0 unspecified atom stereocenters. The number of phenolic OH excluding ortho intramolecular Hbond substituents is 1. The van der Waals surface area contributed by atoms with E-state index in [1.807, 2.05) is 11.4 Å². The zero-order chi connectivity index (χ0) is 9.97. The second-order valence-corrected chi connectivity index (χ2v) is 3.80. The fourth-order valence-corrected chi connectivity index (χ4v) is 1.88. The quantitative estimate of drug-likeness (QED) is 0.763. The summed E-state index contributed by atoms with van der Waals surface area (Å²) in [5.74, 6) is 0.0725. The lowest BCUT2D eigenvalue weighted by Crippen LogP contribution is -1.97. The van der Waals surface area contributed by atoms with Crippen molar-refractivity contribution in [2.45, 2.75) is 0 Å². The number of hydrogen-bond acceptors (Lipinski definition) is 3. The predicted molar refractivity (Wildman–Crippen MR) is 55.9 cm³/mol. The van der Waals surface area contributed by atoms with Gasteiger partial charge in [-0.3, -0.25) is 4.79 Å². The third-order valence-corrected chi connectivity index (χ3v) is 2.72. The molecule has 0 radical (unpaired) electrons. The second-order valence-electron chi connectivity index (χ2n) is 2.86. The summed E-state index contributed by atoms with van der Waals surface area (Å²) in [6, 6.07) is 9.99. The highest BCUT2D eigenvalue weighted by atomic mass is 32.1. The number of rotatable bonds is 2. The summed E-state index contributed by atoms with van der Waals surface area (Å²) in [5, 5.41) is 11.1. The molecule has 0 atom stereocenters. The lowest BCUT2D eigenvalue weighted by Gasteiger charge is -1.98. The summed E-state index contributed by atoms with van der Waals surface area (Å²) >= 11 is 1.40. The minimum atomic E-state index is -0.0455. The summed E-state index contributed by atoms with van der Waals surface area (Å²) in [4.78, 5) is 12.4. The van der Waals surface area contributed by atoms with Gasteiger partial charge in [-0.25, -0.2) is 0 Å². The van der Waals surface area contributed by atoms with Gasteiger partial charge in [0, 0.05) is 5.56 Å². The molecule has 14 heavy (non-hydrogen) atoms. The molecule has 0 saturated carbocycles. The first kappa shape index (κ1) is 8.97. The Morgan fingerprint density at radius 1 is 1.21 bits per heavy atom. The van der Waals surface area contributed by atoms with Crippen LogP contribution < -0.4 is 0 Å². The lowest BCUT2D eigenvalue weighted by molar-refractivity contribution is 0.104. The molecule has 0 amide bonds. The first-order valence-electron chi connectivity index (χ1n) is 4.14. The van der Waals surface area contributed by atoms with E-state index in [1.165, 1.54) is 17.4 Å². The highest BCUT2D eigenvalue weighted by molar-refractivity contribution is 7.12. The van der Waals surface area contributed by atoms with Crippen molar-refractivity contribution in [1.29, 1.82) is 0 Å². The molecule has 0 aliphatic carbocycles. The minimum Gasteiger partial charge on any atom is -0.508 e. The van der Waals surface area contributed by atoms with Crippen LogP contribution in [0.5, 0.6) is 5.75 Å². The van der Waals surface area contributed by atoms with E-state index in [2.05, 4.69) is 0 Å². The molecule has 3 heteroatoms. The Morgan fingerprint density at radius 3 is 2.71 bits per heavy atom. The Balaban J connectivity index is 2.37. The maximum absolute atomic E-state index is 11.8. The highest BCUT2D eigenvalue weighted by Gasteiger charge is 2.09. The number of ketones is 1. The van der Waals surface area contributed by atoms with Crippen LogP contribution in [0.15, 0.2) is 41.8 Å². The molecule has 0 saturated heterocycles. The molecule has 1 N–H and O–H groups in total. The van der Waals surface area contributed by atoms with Crippen molar-refractivity contribution >= 4 is 17.1 Å². The van der Waals surface area contributed by atoms with E-state index in [0.717, 1.165) is 0 Å². The predicted octanol–water partition coefficient (Wildman–Crippen LogP) is 2.68. The first-order chi connectivity index (χ1) is 6.77. The summed E-state index contributed by atoms with van der Waals surface area (Å²) in [6.07, 6.45) is 0. The number of phenols is 1. The first-order valence-corrected chi connectivity index (χ1v) is 5.02. The van der Waals surface area contributed by atoms with Crippen LogP contribution in [0.1, 0.15) is 15.2 Å². The Bertz CT molecular complexity index is 446. The molecule has 0 fully saturated rings. The van der Waals surface area contributed by atoms with E-state index in [1.54, 1.807) is 24.3 Å². The normalized spacial score (nSPS) is 10.0. The molecule has 2 aromatic rings. The third kappa shape index (κ3) is 1.67. The number of hydrogen-bond donors (Lipinski definition) is 1. The number of carbonyl (C=O) groups is 1. The van der Waals surface area contributed by atoms with E-state index in [-0.39, 0.29) is 11.5 Å². The summed E-state index contributed by atoms with van der Waals surface area (Å²) in [7, 11) is 0. The van der Waals surface area contributed by atoms with Crippen LogP contribution in [0.3, 0.4) is 0 Å². The van der Waals surface area contributed by atoms with Crippen LogP contribution in [0, 0.1) is 0 Å². The number of aromatic hydroxyl groups is 1. The minimum absolute atomic E-state index is 0.0455. The highest BCUT2D eigenvalue weighted by Crippen LogP contribution is 2.18. The van der Waals surface area contributed by atoms with Gasteiger partial charge >= 0.3 is 0 Å². The maximum Gasteiger partial charge on any atom is 0.203 e. The topological polar surface area (TPSA) is 37.3 Å². The standard InChI is InChI=1S/C11H8O2S/c12-9-4-1-3-8(7-9)11(13)10-5-2-6-14-10/h1-7,12H. The molecule has 2 nitrogen and oxygen atoms in total. The van der Waals surface area contributed by atoms with E-state index < -0.39 is 0 Å². The average molecular weight is 204 g/mol. The van der Waals surface area contributed by atoms with Crippen molar-refractivity contribution in [3.8, 4) is 5.75 Å². The summed E-state index contributed by atoms with van der Waals surface area (Å²) in [5.41, 5.74) is 0.521. The Hall–Kier alpha value is -1.61. The molecule has 70 valence electrons. The zero-order valence-electron chi connectivity index (χ0n) is 7.31. The largest absolute Gasteiger partial charge is 0.508 e. The molecule has 1 heterocycles. The van der Waals surface area contributed by atoms with Crippen LogP contribution in [-0.4, -0.2) is 10.9 Å². The van der Waals surface area contributed by atoms with Crippen LogP contribution in [-0.2, 0) is 0 Å². The van der Waals surface area contributed by atoms with Crippen molar-refractivity contribution in [3.05, 3.63) is 52.2 Å². The molecular weight excluding hydrogens is 196 g/mol. The zero-order valence-corrected chi connectivity index (χ0v) is 8.12. The van der Waals surface area contributed by atoms with Gasteiger partial charge in [0.25, 0.3) is 0 Å². The SMILES string of the molecule is O=C(c1cccc(O)c1)c1cccs1. The van der Waals surface area contributed by atoms with Crippen LogP contribution in [0.25, 0.3) is 0 Å². The average Bonchev–Trinajstić information content (AvgIpc) is 2.69. The van der Waals surface area contributed by atoms with E-state index in [9.17, 15) is 9.90 Å². The molecule has 2 rings (SSSR count). The molecule has 1 aromatic carbocycles.